The molecule has 0 spiro atoms. The molecule has 1 fully saturated rings. The Morgan fingerprint density at radius 2 is 2.17 bits per heavy atom. The van der Waals surface area contributed by atoms with Crippen LogP contribution in [0.1, 0.15) is 85.5 Å². The molecule has 0 aromatic carbocycles. The van der Waals surface area contributed by atoms with Gasteiger partial charge in [-0.15, -0.1) is 0 Å². The standard InChI is InChI=1S/C21H36O2/c1-15-8-9-16(2)19-10-11-21(13-19,14-20(23)12-15)17(3)6-5-7-18(4)22/h8,16-17,19-20,23H,5-7,9-14H2,1-4H3/b15-8+/t16?,17-,19?,20?,21+/m1/s1. The highest BCUT2D eigenvalue weighted by Gasteiger charge is 2.45. The smallest absolute Gasteiger partial charge is 0.129 e. The van der Waals surface area contributed by atoms with Crippen molar-refractivity contribution < 1.29 is 9.90 Å². The van der Waals surface area contributed by atoms with Gasteiger partial charge in [-0.2, -0.15) is 0 Å². The lowest BCUT2D eigenvalue weighted by atomic mass is 9.67. The zero-order valence-corrected chi connectivity index (χ0v) is 15.6. The van der Waals surface area contributed by atoms with Crippen molar-refractivity contribution in [3.8, 4) is 0 Å². The third-order valence-electron chi connectivity index (χ3n) is 6.74. The van der Waals surface area contributed by atoms with Crippen molar-refractivity contribution in [2.45, 2.75) is 91.6 Å². The summed E-state index contributed by atoms with van der Waals surface area (Å²) in [5.41, 5.74) is 1.65. The summed E-state index contributed by atoms with van der Waals surface area (Å²) in [6, 6.07) is 0. The number of allylic oxidation sites excluding steroid dienone is 1. The maximum Gasteiger partial charge on any atom is 0.129 e. The van der Waals surface area contributed by atoms with E-state index < -0.39 is 0 Å². The average molecular weight is 321 g/mol. The van der Waals surface area contributed by atoms with E-state index in [4.69, 9.17) is 0 Å². The van der Waals surface area contributed by atoms with Crippen LogP contribution in [0.25, 0.3) is 0 Å². The molecule has 0 amide bonds. The van der Waals surface area contributed by atoms with Crippen molar-refractivity contribution in [1.29, 1.82) is 0 Å². The molecule has 3 unspecified atom stereocenters. The second-order valence-electron chi connectivity index (χ2n) is 8.69. The normalized spacial score (nSPS) is 38.7. The van der Waals surface area contributed by atoms with Crippen LogP contribution >= 0.6 is 0 Å². The van der Waals surface area contributed by atoms with E-state index in [1.165, 1.54) is 24.8 Å². The van der Waals surface area contributed by atoms with Crippen molar-refractivity contribution in [3.63, 3.8) is 0 Å². The number of aliphatic hydroxyl groups is 1. The lowest BCUT2D eigenvalue weighted by molar-refractivity contribution is -0.117. The van der Waals surface area contributed by atoms with Crippen LogP contribution in [-0.2, 0) is 4.79 Å². The first-order chi connectivity index (χ1) is 10.8. The fraction of sp³-hybridized carbons (Fsp3) is 0.857. The summed E-state index contributed by atoms with van der Waals surface area (Å²) >= 11 is 0. The first-order valence-electron chi connectivity index (χ1n) is 9.65. The topological polar surface area (TPSA) is 37.3 Å². The van der Waals surface area contributed by atoms with E-state index in [9.17, 15) is 9.90 Å². The third-order valence-corrected chi connectivity index (χ3v) is 6.74. The van der Waals surface area contributed by atoms with Gasteiger partial charge in [0.25, 0.3) is 0 Å². The Morgan fingerprint density at radius 3 is 2.87 bits per heavy atom. The van der Waals surface area contributed by atoms with Crippen LogP contribution in [0.4, 0.5) is 0 Å². The first kappa shape index (κ1) is 18.7. The summed E-state index contributed by atoms with van der Waals surface area (Å²) < 4.78 is 0. The maximum absolute atomic E-state index is 11.2. The Bertz CT molecular complexity index is 439. The number of fused-ring (bicyclic) bond motifs is 2. The van der Waals surface area contributed by atoms with Crippen LogP contribution in [0, 0.1) is 23.2 Å². The number of rotatable bonds is 5. The van der Waals surface area contributed by atoms with Crippen LogP contribution in [0.15, 0.2) is 11.6 Å². The number of ketones is 1. The van der Waals surface area contributed by atoms with Crippen molar-refractivity contribution >= 4 is 5.78 Å². The van der Waals surface area contributed by atoms with Gasteiger partial charge in [-0.25, -0.2) is 0 Å². The van der Waals surface area contributed by atoms with Gasteiger partial charge in [-0.1, -0.05) is 25.5 Å². The molecule has 0 aliphatic heterocycles. The van der Waals surface area contributed by atoms with Gasteiger partial charge < -0.3 is 9.90 Å². The number of hydrogen-bond donors (Lipinski definition) is 1. The zero-order chi connectivity index (χ0) is 17.0. The minimum Gasteiger partial charge on any atom is -0.393 e. The number of carbonyl (C=O) groups excluding carboxylic acids is 1. The predicted octanol–water partition coefficient (Wildman–Crippen LogP) is 5.30. The average Bonchev–Trinajstić information content (AvgIpc) is 2.88. The van der Waals surface area contributed by atoms with E-state index in [1.54, 1.807) is 6.92 Å². The summed E-state index contributed by atoms with van der Waals surface area (Å²) in [5, 5.41) is 10.6. The molecule has 2 aliphatic rings. The first-order valence-corrected chi connectivity index (χ1v) is 9.65. The van der Waals surface area contributed by atoms with Crippen molar-refractivity contribution in [2.75, 3.05) is 0 Å². The molecule has 1 N–H and O–H groups in total. The molecule has 0 aromatic heterocycles. The van der Waals surface area contributed by atoms with Crippen LogP contribution in [0.3, 0.4) is 0 Å². The van der Waals surface area contributed by atoms with E-state index in [0.29, 0.717) is 23.5 Å². The Morgan fingerprint density at radius 1 is 1.43 bits per heavy atom. The predicted molar refractivity (Wildman–Crippen MR) is 96.2 cm³/mol. The molecular weight excluding hydrogens is 284 g/mol. The highest BCUT2D eigenvalue weighted by molar-refractivity contribution is 5.75. The molecule has 5 atom stereocenters. The molecule has 2 nitrogen and oxygen atoms in total. The zero-order valence-electron chi connectivity index (χ0n) is 15.6. The molecular formula is C21H36O2. The van der Waals surface area contributed by atoms with E-state index in [2.05, 4.69) is 26.8 Å². The van der Waals surface area contributed by atoms with Crippen LogP contribution < -0.4 is 0 Å². The monoisotopic (exact) mass is 320 g/mol. The molecule has 1 saturated carbocycles. The lowest BCUT2D eigenvalue weighted by Gasteiger charge is -2.39. The number of Topliss-reactive ketones (excluding diaryl/α,β-unsaturated/α-hetero) is 1. The van der Waals surface area contributed by atoms with E-state index >= 15 is 0 Å². The highest BCUT2D eigenvalue weighted by Crippen LogP contribution is 2.54. The Labute approximate surface area is 142 Å². The van der Waals surface area contributed by atoms with Crippen molar-refractivity contribution in [1.82, 2.24) is 0 Å². The van der Waals surface area contributed by atoms with Gasteiger partial charge >= 0.3 is 0 Å². The summed E-state index contributed by atoms with van der Waals surface area (Å²) in [6.45, 7) is 8.64. The number of aliphatic hydroxyl groups excluding tert-OH is 1. The van der Waals surface area contributed by atoms with E-state index in [0.717, 1.165) is 43.9 Å². The Balaban J connectivity index is 2.11. The van der Waals surface area contributed by atoms with Crippen LogP contribution in [-0.4, -0.2) is 17.0 Å². The molecule has 2 bridgehead atoms. The molecule has 2 aliphatic carbocycles. The fourth-order valence-electron chi connectivity index (χ4n) is 5.06. The summed E-state index contributed by atoms with van der Waals surface area (Å²) in [6.07, 6.45) is 11.8. The van der Waals surface area contributed by atoms with Crippen LogP contribution in [0.5, 0.6) is 0 Å². The van der Waals surface area contributed by atoms with Gasteiger partial charge in [-0.05, 0) is 88.4 Å². The summed E-state index contributed by atoms with van der Waals surface area (Å²) in [4.78, 5) is 11.2. The Kier molecular flexibility index (Phi) is 6.48. The fourth-order valence-corrected chi connectivity index (χ4v) is 5.06. The molecule has 0 saturated heterocycles. The third kappa shape index (κ3) is 4.92. The SMILES string of the molecule is CC(=O)CCC[C@@H](C)[C@@]12CCC(C1)C(C)C/C=C(\C)CC(O)C2. The van der Waals surface area contributed by atoms with Gasteiger partial charge in [0, 0.05) is 6.42 Å². The maximum atomic E-state index is 11.2. The molecule has 23 heavy (non-hydrogen) atoms. The number of hydrogen-bond acceptors (Lipinski definition) is 2. The van der Waals surface area contributed by atoms with Crippen molar-refractivity contribution in [2.24, 2.45) is 23.2 Å². The summed E-state index contributed by atoms with van der Waals surface area (Å²) in [7, 11) is 0. The summed E-state index contributed by atoms with van der Waals surface area (Å²) in [5.74, 6) is 2.47. The van der Waals surface area contributed by atoms with E-state index in [1.807, 2.05) is 0 Å². The molecule has 2 heteroatoms. The molecule has 0 radical (unpaired) electrons. The Hall–Kier alpha value is -0.630. The highest BCUT2D eigenvalue weighted by atomic mass is 16.3. The second kappa shape index (κ2) is 7.96. The molecule has 0 aromatic rings. The quantitative estimate of drug-likeness (QED) is 0.698. The van der Waals surface area contributed by atoms with Gasteiger partial charge in [0.1, 0.15) is 5.78 Å². The van der Waals surface area contributed by atoms with E-state index in [-0.39, 0.29) is 6.10 Å². The second-order valence-corrected chi connectivity index (χ2v) is 8.69. The number of carbonyl (C=O) groups is 1. The molecule has 2 rings (SSSR count). The molecule has 0 heterocycles. The van der Waals surface area contributed by atoms with Gasteiger partial charge in [0.2, 0.25) is 0 Å². The lowest BCUT2D eigenvalue weighted by Crippen LogP contribution is -2.32. The van der Waals surface area contributed by atoms with Gasteiger partial charge in [0.15, 0.2) is 0 Å². The van der Waals surface area contributed by atoms with Gasteiger partial charge in [-0.3, -0.25) is 0 Å². The molecule has 132 valence electrons. The largest absolute Gasteiger partial charge is 0.393 e. The van der Waals surface area contributed by atoms with Crippen LogP contribution in [0.2, 0.25) is 0 Å². The van der Waals surface area contributed by atoms with Gasteiger partial charge in [0.05, 0.1) is 6.10 Å². The van der Waals surface area contributed by atoms with Crippen molar-refractivity contribution in [3.05, 3.63) is 11.6 Å². The minimum atomic E-state index is -0.200. The minimum absolute atomic E-state index is 0.200.